The van der Waals surface area contributed by atoms with Crippen molar-refractivity contribution in [3.63, 3.8) is 0 Å². The first-order valence-electron chi connectivity index (χ1n) is 3.27. The molecule has 0 saturated carbocycles. The lowest BCUT2D eigenvalue weighted by molar-refractivity contribution is -0.147. The van der Waals surface area contributed by atoms with Crippen LogP contribution in [-0.2, 0) is 9.53 Å². The zero-order valence-corrected chi connectivity index (χ0v) is 6.52. The average Bonchev–Trinajstić information content (AvgIpc) is 1.97. The third-order valence-electron chi connectivity index (χ3n) is 1.24. The van der Waals surface area contributed by atoms with Crippen LogP contribution in [0.4, 0.5) is 13.2 Å². The Labute approximate surface area is 67.7 Å². The average molecular weight is 185 g/mol. The highest BCUT2D eigenvalue weighted by Crippen LogP contribution is 2.21. The van der Waals surface area contributed by atoms with Gasteiger partial charge < -0.3 is 10.5 Å². The summed E-state index contributed by atoms with van der Waals surface area (Å²) in [4.78, 5) is 10.5. The minimum Gasteiger partial charge on any atom is -0.468 e. The van der Waals surface area contributed by atoms with Gasteiger partial charge in [-0.15, -0.1) is 0 Å². The molecule has 0 aromatic rings. The second kappa shape index (κ2) is 4.30. The predicted molar refractivity (Wildman–Crippen MR) is 35.3 cm³/mol. The summed E-state index contributed by atoms with van der Waals surface area (Å²) in [6.45, 7) is 0. The Morgan fingerprint density at radius 3 is 2.42 bits per heavy atom. The third-order valence-corrected chi connectivity index (χ3v) is 1.24. The first-order valence-corrected chi connectivity index (χ1v) is 3.27. The highest BCUT2D eigenvalue weighted by atomic mass is 19.4. The molecular formula is C6H10F3NO2. The molecule has 0 spiro atoms. The van der Waals surface area contributed by atoms with Crippen molar-refractivity contribution in [3.05, 3.63) is 0 Å². The van der Waals surface area contributed by atoms with Crippen molar-refractivity contribution in [2.24, 2.45) is 5.73 Å². The summed E-state index contributed by atoms with van der Waals surface area (Å²) in [5, 5.41) is 0. The summed E-state index contributed by atoms with van der Waals surface area (Å²) in [5.74, 6) is -0.820. The number of methoxy groups -OCH3 is 1. The number of carbonyl (C=O) groups excluding carboxylic acids is 1. The van der Waals surface area contributed by atoms with E-state index in [2.05, 4.69) is 4.74 Å². The van der Waals surface area contributed by atoms with E-state index in [0.717, 1.165) is 7.11 Å². The maximum Gasteiger partial charge on any atom is 0.389 e. The van der Waals surface area contributed by atoms with Crippen LogP contribution in [0.2, 0.25) is 0 Å². The van der Waals surface area contributed by atoms with Gasteiger partial charge in [-0.2, -0.15) is 13.2 Å². The normalized spacial score (nSPS) is 14.1. The Morgan fingerprint density at radius 1 is 1.58 bits per heavy atom. The quantitative estimate of drug-likeness (QED) is 0.662. The molecule has 0 heterocycles. The van der Waals surface area contributed by atoms with Crippen molar-refractivity contribution in [3.8, 4) is 0 Å². The molecule has 2 N–H and O–H groups in total. The van der Waals surface area contributed by atoms with Crippen LogP contribution in [0.15, 0.2) is 0 Å². The highest BCUT2D eigenvalue weighted by Gasteiger charge is 2.29. The van der Waals surface area contributed by atoms with E-state index in [1.807, 2.05) is 0 Å². The van der Waals surface area contributed by atoms with Gasteiger partial charge in [-0.3, -0.25) is 4.79 Å². The number of esters is 1. The van der Waals surface area contributed by atoms with E-state index >= 15 is 0 Å². The Hall–Kier alpha value is -0.780. The minimum absolute atomic E-state index is 0.434. The fourth-order valence-corrected chi connectivity index (χ4v) is 0.588. The molecule has 0 fully saturated rings. The van der Waals surface area contributed by atoms with Crippen LogP contribution in [0.25, 0.3) is 0 Å². The second-order valence-electron chi connectivity index (χ2n) is 2.28. The van der Waals surface area contributed by atoms with Crippen LogP contribution < -0.4 is 5.73 Å². The summed E-state index contributed by atoms with van der Waals surface area (Å²) in [6.07, 6.45) is -5.77. The zero-order chi connectivity index (χ0) is 9.78. The predicted octanol–water partition coefficient (Wildman–Crippen LogP) is 0.829. The van der Waals surface area contributed by atoms with E-state index in [0.29, 0.717) is 0 Å². The molecule has 0 aliphatic carbocycles. The molecule has 12 heavy (non-hydrogen) atoms. The number of alkyl halides is 3. The van der Waals surface area contributed by atoms with E-state index in [1.54, 1.807) is 0 Å². The Balaban J connectivity index is 3.72. The van der Waals surface area contributed by atoms with Gasteiger partial charge in [0.2, 0.25) is 0 Å². The van der Waals surface area contributed by atoms with Crippen molar-refractivity contribution >= 4 is 5.97 Å². The molecular weight excluding hydrogens is 175 g/mol. The van der Waals surface area contributed by atoms with Crippen LogP contribution in [0.5, 0.6) is 0 Å². The zero-order valence-electron chi connectivity index (χ0n) is 6.52. The number of halogens is 3. The molecule has 0 unspecified atom stereocenters. The van der Waals surface area contributed by atoms with Crippen LogP contribution in [0.1, 0.15) is 12.8 Å². The van der Waals surface area contributed by atoms with Gasteiger partial charge in [-0.25, -0.2) is 0 Å². The van der Waals surface area contributed by atoms with Crippen molar-refractivity contribution < 1.29 is 22.7 Å². The highest BCUT2D eigenvalue weighted by molar-refractivity contribution is 5.75. The van der Waals surface area contributed by atoms with Crippen molar-refractivity contribution in [2.75, 3.05) is 7.11 Å². The molecule has 0 aliphatic heterocycles. The van der Waals surface area contributed by atoms with Gasteiger partial charge in [0.25, 0.3) is 0 Å². The van der Waals surface area contributed by atoms with Gasteiger partial charge in [0.1, 0.15) is 6.04 Å². The first-order chi connectivity index (χ1) is 5.37. The number of ether oxygens (including phenoxy) is 1. The molecule has 6 heteroatoms. The first kappa shape index (κ1) is 11.2. The fraction of sp³-hybridized carbons (Fsp3) is 0.833. The van der Waals surface area contributed by atoms with Gasteiger partial charge in [0.15, 0.2) is 0 Å². The van der Waals surface area contributed by atoms with Crippen molar-refractivity contribution in [1.82, 2.24) is 0 Å². The van der Waals surface area contributed by atoms with E-state index in [9.17, 15) is 18.0 Å². The topological polar surface area (TPSA) is 52.3 Å². The summed E-state index contributed by atoms with van der Waals surface area (Å²) >= 11 is 0. The SMILES string of the molecule is COC(=O)[C@H](N)CCC(F)(F)F. The molecule has 0 aliphatic rings. The molecule has 0 radical (unpaired) electrons. The number of rotatable bonds is 3. The summed E-state index contributed by atoms with van der Waals surface area (Å²) in [6, 6.07) is -1.18. The van der Waals surface area contributed by atoms with Crippen molar-refractivity contribution in [1.29, 1.82) is 0 Å². The third kappa shape index (κ3) is 4.95. The lowest BCUT2D eigenvalue weighted by Crippen LogP contribution is -2.32. The Morgan fingerprint density at radius 2 is 2.08 bits per heavy atom. The van der Waals surface area contributed by atoms with Crippen LogP contribution >= 0.6 is 0 Å². The van der Waals surface area contributed by atoms with Crippen LogP contribution in [0.3, 0.4) is 0 Å². The molecule has 0 aromatic heterocycles. The molecule has 0 bridgehead atoms. The second-order valence-corrected chi connectivity index (χ2v) is 2.28. The van der Waals surface area contributed by atoms with E-state index in [4.69, 9.17) is 5.73 Å². The molecule has 0 rings (SSSR count). The number of hydrogen-bond donors (Lipinski definition) is 1. The minimum atomic E-state index is -4.27. The van der Waals surface area contributed by atoms with Gasteiger partial charge in [0, 0.05) is 6.42 Å². The van der Waals surface area contributed by atoms with E-state index in [1.165, 1.54) is 0 Å². The number of carbonyl (C=O) groups is 1. The number of hydrogen-bond acceptors (Lipinski definition) is 3. The molecule has 0 aromatic carbocycles. The van der Waals surface area contributed by atoms with Crippen LogP contribution in [-0.4, -0.2) is 25.3 Å². The monoisotopic (exact) mass is 185 g/mol. The summed E-state index contributed by atoms with van der Waals surface area (Å²) < 4.78 is 38.9. The van der Waals surface area contributed by atoms with Gasteiger partial charge >= 0.3 is 12.1 Å². The molecule has 0 amide bonds. The largest absolute Gasteiger partial charge is 0.468 e. The van der Waals surface area contributed by atoms with E-state index in [-0.39, 0.29) is 0 Å². The summed E-state index contributed by atoms with van der Waals surface area (Å²) in [7, 11) is 1.08. The number of nitrogens with two attached hydrogens (primary N) is 1. The molecule has 3 nitrogen and oxygen atoms in total. The maximum atomic E-state index is 11.6. The van der Waals surface area contributed by atoms with Crippen molar-refractivity contribution in [2.45, 2.75) is 25.1 Å². The van der Waals surface area contributed by atoms with Gasteiger partial charge in [0.05, 0.1) is 7.11 Å². The molecule has 1 atom stereocenters. The van der Waals surface area contributed by atoms with Gasteiger partial charge in [-0.1, -0.05) is 0 Å². The molecule has 72 valence electrons. The van der Waals surface area contributed by atoms with E-state index < -0.39 is 31.0 Å². The molecule has 0 saturated heterocycles. The fourth-order valence-electron chi connectivity index (χ4n) is 0.588. The maximum absolute atomic E-state index is 11.6. The summed E-state index contributed by atoms with van der Waals surface area (Å²) in [5.41, 5.74) is 5.06. The smallest absolute Gasteiger partial charge is 0.389 e. The van der Waals surface area contributed by atoms with Crippen LogP contribution in [0, 0.1) is 0 Å². The standard InChI is InChI=1S/C6H10F3NO2/c1-12-5(11)4(10)2-3-6(7,8)9/h4H,2-3,10H2,1H3/t4-/m1/s1. The lowest BCUT2D eigenvalue weighted by Gasteiger charge is -2.10. The van der Waals surface area contributed by atoms with Gasteiger partial charge in [-0.05, 0) is 6.42 Å². The lowest BCUT2D eigenvalue weighted by atomic mass is 10.2. The Bertz CT molecular complexity index is 157. The Kier molecular flexibility index (Phi) is 4.02.